The highest BCUT2D eigenvalue weighted by atomic mass is 16.4. The second-order valence-electron chi connectivity index (χ2n) is 7.82. The Bertz CT molecular complexity index is 819. The molecule has 2 N–H and O–H groups in total. The molecule has 2 atom stereocenters. The van der Waals surface area contributed by atoms with Crippen molar-refractivity contribution in [2.24, 2.45) is 11.3 Å². The summed E-state index contributed by atoms with van der Waals surface area (Å²) in [5, 5.41) is 12.4. The highest BCUT2D eigenvalue weighted by molar-refractivity contribution is 6.21. The largest absolute Gasteiger partial charge is 0.481 e. The van der Waals surface area contributed by atoms with Gasteiger partial charge < -0.3 is 15.3 Å². The first-order valence-electron chi connectivity index (χ1n) is 9.65. The molecule has 148 valence electrons. The van der Waals surface area contributed by atoms with Crippen LogP contribution in [0.3, 0.4) is 0 Å². The topological polar surface area (TPSA) is 107 Å². The van der Waals surface area contributed by atoms with Gasteiger partial charge in [-0.15, -0.1) is 0 Å². The zero-order valence-corrected chi connectivity index (χ0v) is 15.5. The third-order valence-electron chi connectivity index (χ3n) is 6.30. The van der Waals surface area contributed by atoms with Crippen molar-refractivity contribution in [2.75, 3.05) is 26.2 Å². The summed E-state index contributed by atoms with van der Waals surface area (Å²) in [6.07, 6.45) is 2.80. The number of hydrogen-bond donors (Lipinski definition) is 2. The lowest BCUT2D eigenvalue weighted by Gasteiger charge is -2.23. The lowest BCUT2D eigenvalue weighted by atomic mass is 9.81. The average Bonchev–Trinajstić information content (AvgIpc) is 3.31. The van der Waals surface area contributed by atoms with E-state index in [4.69, 9.17) is 0 Å². The van der Waals surface area contributed by atoms with Gasteiger partial charge in [-0.1, -0.05) is 18.6 Å². The van der Waals surface area contributed by atoms with Crippen LogP contribution in [0.4, 0.5) is 4.79 Å². The van der Waals surface area contributed by atoms with Crippen LogP contribution in [-0.4, -0.2) is 64.9 Å². The minimum Gasteiger partial charge on any atom is -0.481 e. The molecule has 1 aliphatic carbocycles. The number of benzene rings is 1. The number of carbonyl (C=O) groups excluding carboxylic acids is 3. The number of nitrogens with zero attached hydrogens (tertiary/aromatic N) is 2. The Hall–Kier alpha value is -2.90. The van der Waals surface area contributed by atoms with Crippen molar-refractivity contribution in [3.8, 4) is 0 Å². The van der Waals surface area contributed by atoms with Gasteiger partial charge >= 0.3 is 12.0 Å². The van der Waals surface area contributed by atoms with E-state index in [1.54, 1.807) is 29.2 Å². The van der Waals surface area contributed by atoms with Crippen LogP contribution < -0.4 is 5.32 Å². The van der Waals surface area contributed by atoms with Gasteiger partial charge in [-0.25, -0.2) is 4.79 Å². The fourth-order valence-electron chi connectivity index (χ4n) is 4.78. The van der Waals surface area contributed by atoms with E-state index < -0.39 is 11.4 Å². The summed E-state index contributed by atoms with van der Waals surface area (Å²) < 4.78 is 0. The quantitative estimate of drug-likeness (QED) is 0.591. The maximum atomic E-state index is 12.4. The Balaban J connectivity index is 1.27. The van der Waals surface area contributed by atoms with Crippen molar-refractivity contribution in [3.63, 3.8) is 0 Å². The molecule has 1 aromatic carbocycles. The summed E-state index contributed by atoms with van der Waals surface area (Å²) in [6, 6.07) is 6.45. The predicted octanol–water partition coefficient (Wildman–Crippen LogP) is 1.57. The van der Waals surface area contributed by atoms with Gasteiger partial charge in [0, 0.05) is 26.2 Å². The molecule has 0 unspecified atom stereocenters. The smallest absolute Gasteiger partial charge is 0.317 e. The second-order valence-corrected chi connectivity index (χ2v) is 7.82. The standard InChI is InChI=1S/C20H23N3O5/c24-16-14-6-1-2-7-15(14)17(25)23(16)10-4-9-21-19(28)22-11-13-5-3-8-20(13,12-22)18(26)27/h1-2,6-7,13H,3-5,8-12H2,(H,21,28)(H,26,27)/t13-,20+/m0/s1. The first-order chi connectivity index (χ1) is 13.4. The first kappa shape index (κ1) is 18.5. The van der Waals surface area contributed by atoms with E-state index in [2.05, 4.69) is 5.32 Å². The summed E-state index contributed by atoms with van der Waals surface area (Å²) in [5.41, 5.74) is 0.0375. The molecule has 2 fully saturated rings. The van der Waals surface area contributed by atoms with Crippen molar-refractivity contribution in [2.45, 2.75) is 25.7 Å². The van der Waals surface area contributed by atoms with Crippen molar-refractivity contribution in [1.29, 1.82) is 0 Å². The molecule has 4 amide bonds. The molecule has 2 heterocycles. The van der Waals surface area contributed by atoms with Gasteiger partial charge in [0.1, 0.15) is 0 Å². The fourth-order valence-corrected chi connectivity index (χ4v) is 4.78. The Labute approximate surface area is 162 Å². The minimum absolute atomic E-state index is 0.0223. The number of fused-ring (bicyclic) bond motifs is 2. The molecule has 0 spiro atoms. The predicted molar refractivity (Wildman–Crippen MR) is 98.8 cm³/mol. The number of likely N-dealkylation sites (tertiary alicyclic amines) is 1. The summed E-state index contributed by atoms with van der Waals surface area (Å²) in [5.74, 6) is -1.39. The van der Waals surface area contributed by atoms with Crippen LogP contribution in [0.15, 0.2) is 24.3 Å². The second kappa shape index (κ2) is 6.92. The fraction of sp³-hybridized carbons (Fsp3) is 0.500. The molecule has 0 radical (unpaired) electrons. The Morgan fingerprint density at radius 1 is 1.18 bits per heavy atom. The average molecular weight is 385 g/mol. The van der Waals surface area contributed by atoms with E-state index in [1.807, 2.05) is 0 Å². The van der Waals surface area contributed by atoms with Crippen molar-refractivity contribution < 1.29 is 24.3 Å². The maximum Gasteiger partial charge on any atom is 0.317 e. The highest BCUT2D eigenvalue weighted by Crippen LogP contribution is 2.48. The Morgan fingerprint density at radius 3 is 2.46 bits per heavy atom. The number of nitrogens with one attached hydrogen (secondary N) is 1. The van der Waals surface area contributed by atoms with Crippen LogP contribution in [0.1, 0.15) is 46.4 Å². The van der Waals surface area contributed by atoms with Gasteiger partial charge in [-0.2, -0.15) is 0 Å². The molecule has 8 nitrogen and oxygen atoms in total. The van der Waals surface area contributed by atoms with Gasteiger partial charge in [0.25, 0.3) is 11.8 Å². The summed E-state index contributed by atoms with van der Waals surface area (Å²) >= 11 is 0. The van der Waals surface area contributed by atoms with Crippen LogP contribution >= 0.6 is 0 Å². The van der Waals surface area contributed by atoms with Crippen LogP contribution in [0.5, 0.6) is 0 Å². The summed E-state index contributed by atoms with van der Waals surface area (Å²) in [4.78, 5) is 51.5. The van der Waals surface area contributed by atoms with E-state index in [1.165, 1.54) is 4.90 Å². The van der Waals surface area contributed by atoms with Gasteiger partial charge in [0.2, 0.25) is 0 Å². The first-order valence-corrected chi connectivity index (χ1v) is 9.65. The molecule has 4 rings (SSSR count). The molecule has 1 saturated carbocycles. The van der Waals surface area contributed by atoms with E-state index in [9.17, 15) is 24.3 Å². The third kappa shape index (κ3) is 2.83. The van der Waals surface area contributed by atoms with Crippen molar-refractivity contribution >= 4 is 23.8 Å². The zero-order chi connectivity index (χ0) is 19.9. The number of aliphatic carboxylic acids is 1. The molecule has 0 aromatic heterocycles. The van der Waals surface area contributed by atoms with Gasteiger partial charge in [0.05, 0.1) is 16.5 Å². The van der Waals surface area contributed by atoms with E-state index in [0.29, 0.717) is 37.1 Å². The molecule has 3 aliphatic rings. The molecular weight excluding hydrogens is 362 g/mol. The summed E-state index contributed by atoms with van der Waals surface area (Å²) in [6.45, 7) is 1.26. The molecule has 1 saturated heterocycles. The van der Waals surface area contributed by atoms with Crippen LogP contribution in [0.2, 0.25) is 0 Å². The van der Waals surface area contributed by atoms with Gasteiger partial charge in [0.15, 0.2) is 0 Å². The zero-order valence-electron chi connectivity index (χ0n) is 15.5. The molecule has 8 heteroatoms. The number of amides is 4. The Kier molecular flexibility index (Phi) is 4.56. The SMILES string of the molecule is O=C(NCCCN1C(=O)c2ccccc2C1=O)N1C[C@@H]2CCC[C@@]2(C(=O)O)C1. The van der Waals surface area contributed by atoms with Crippen LogP contribution in [-0.2, 0) is 4.79 Å². The van der Waals surface area contributed by atoms with Gasteiger partial charge in [-0.3, -0.25) is 19.3 Å². The van der Waals surface area contributed by atoms with E-state index >= 15 is 0 Å². The molecule has 0 bridgehead atoms. The number of imide groups is 1. The number of urea groups is 1. The molecular formula is C20H23N3O5. The maximum absolute atomic E-state index is 12.4. The van der Waals surface area contributed by atoms with Crippen molar-refractivity contribution in [3.05, 3.63) is 35.4 Å². The number of rotatable bonds is 5. The number of carboxylic acid groups (broad SMARTS) is 1. The Morgan fingerprint density at radius 2 is 1.86 bits per heavy atom. The van der Waals surface area contributed by atoms with Gasteiger partial charge in [-0.05, 0) is 37.3 Å². The molecule has 2 aliphatic heterocycles. The molecule has 1 aromatic rings. The van der Waals surface area contributed by atoms with Crippen LogP contribution in [0.25, 0.3) is 0 Å². The lowest BCUT2D eigenvalue weighted by molar-refractivity contribution is -0.149. The molecule has 28 heavy (non-hydrogen) atoms. The monoisotopic (exact) mass is 385 g/mol. The van der Waals surface area contributed by atoms with E-state index in [0.717, 1.165) is 12.8 Å². The third-order valence-corrected chi connectivity index (χ3v) is 6.30. The minimum atomic E-state index is -0.809. The van der Waals surface area contributed by atoms with Crippen LogP contribution in [0, 0.1) is 11.3 Å². The number of carboxylic acids is 1. The van der Waals surface area contributed by atoms with Crippen molar-refractivity contribution in [1.82, 2.24) is 15.1 Å². The summed E-state index contributed by atoms with van der Waals surface area (Å²) in [7, 11) is 0. The normalized spacial score (nSPS) is 25.8. The highest BCUT2D eigenvalue weighted by Gasteiger charge is 2.55. The number of hydrogen-bond acceptors (Lipinski definition) is 4. The lowest BCUT2D eigenvalue weighted by Crippen LogP contribution is -2.42. The van der Waals surface area contributed by atoms with E-state index in [-0.39, 0.29) is 36.9 Å². The number of carbonyl (C=O) groups is 4.